The van der Waals surface area contributed by atoms with Crippen LogP contribution < -0.4 is 10.6 Å². The van der Waals surface area contributed by atoms with Crippen molar-refractivity contribution in [1.29, 1.82) is 0 Å². The molecule has 118 valence electrons. The van der Waals surface area contributed by atoms with E-state index < -0.39 is 23.9 Å². The first kappa shape index (κ1) is 18.9. The second-order valence-corrected chi connectivity index (χ2v) is 5.30. The molecule has 0 radical (unpaired) electrons. The molecule has 2 amide bonds. The van der Waals surface area contributed by atoms with E-state index in [1.54, 1.807) is 0 Å². The van der Waals surface area contributed by atoms with Gasteiger partial charge in [0.2, 0.25) is 0 Å². The minimum absolute atomic E-state index is 0.0833. The van der Waals surface area contributed by atoms with E-state index in [2.05, 4.69) is 10.6 Å². The summed E-state index contributed by atoms with van der Waals surface area (Å²) in [6.07, 6.45) is 1.58. The number of aliphatic hydroxyl groups excluding tert-OH is 2. The van der Waals surface area contributed by atoms with E-state index >= 15 is 0 Å². The topological polar surface area (TPSA) is 98.7 Å². The molecule has 0 saturated carbocycles. The van der Waals surface area contributed by atoms with Gasteiger partial charge in [0.05, 0.1) is 25.3 Å². The maximum absolute atomic E-state index is 11.8. The fourth-order valence-corrected chi connectivity index (χ4v) is 1.77. The number of rotatable bonds is 8. The average molecular weight is 288 g/mol. The molecule has 0 unspecified atom stereocenters. The maximum atomic E-state index is 11.8. The fraction of sp³-hybridized carbons (Fsp3) is 0.857. The van der Waals surface area contributed by atoms with Gasteiger partial charge in [-0.3, -0.25) is 9.59 Å². The van der Waals surface area contributed by atoms with Crippen molar-refractivity contribution in [1.82, 2.24) is 10.6 Å². The second-order valence-electron chi connectivity index (χ2n) is 5.30. The summed E-state index contributed by atoms with van der Waals surface area (Å²) in [5, 5.41) is 23.5. The molecule has 0 rings (SSSR count). The molecule has 0 saturated heterocycles. The smallest absolute Gasteiger partial charge is 0.309 e. The van der Waals surface area contributed by atoms with Gasteiger partial charge in [0.25, 0.3) is 0 Å². The van der Waals surface area contributed by atoms with Crippen LogP contribution in [-0.4, -0.2) is 47.3 Å². The molecule has 0 aromatic heterocycles. The zero-order valence-corrected chi connectivity index (χ0v) is 12.8. The predicted octanol–water partition coefficient (Wildman–Crippen LogP) is 0.0328. The second kappa shape index (κ2) is 9.72. The van der Waals surface area contributed by atoms with Crippen molar-refractivity contribution in [3.05, 3.63) is 0 Å². The maximum Gasteiger partial charge on any atom is 0.309 e. The van der Waals surface area contributed by atoms with Crippen LogP contribution in [0.2, 0.25) is 0 Å². The lowest BCUT2D eigenvalue weighted by atomic mass is 9.99. The third-order valence-corrected chi connectivity index (χ3v) is 3.89. The highest BCUT2D eigenvalue weighted by Gasteiger charge is 2.25. The molecule has 0 aliphatic rings. The number of carbonyl (C=O) groups excluding carboxylic acids is 2. The van der Waals surface area contributed by atoms with E-state index in [4.69, 9.17) is 0 Å². The van der Waals surface area contributed by atoms with E-state index in [0.29, 0.717) is 0 Å². The van der Waals surface area contributed by atoms with Gasteiger partial charge in [0, 0.05) is 0 Å². The Morgan fingerprint density at radius 1 is 0.850 bits per heavy atom. The van der Waals surface area contributed by atoms with Gasteiger partial charge in [-0.2, -0.15) is 0 Å². The van der Waals surface area contributed by atoms with Gasteiger partial charge in [-0.25, -0.2) is 0 Å². The van der Waals surface area contributed by atoms with Gasteiger partial charge >= 0.3 is 11.8 Å². The van der Waals surface area contributed by atoms with Crippen LogP contribution >= 0.6 is 0 Å². The molecule has 0 aromatic rings. The van der Waals surface area contributed by atoms with E-state index in [0.717, 1.165) is 12.8 Å². The van der Waals surface area contributed by atoms with Crippen LogP contribution in [0.15, 0.2) is 0 Å². The summed E-state index contributed by atoms with van der Waals surface area (Å²) in [5.41, 5.74) is 0. The van der Waals surface area contributed by atoms with Crippen molar-refractivity contribution < 1.29 is 19.8 Å². The normalized spacial score (nSPS) is 16.9. The lowest BCUT2D eigenvalue weighted by Crippen LogP contribution is -2.52. The van der Waals surface area contributed by atoms with Crippen molar-refractivity contribution in [3.8, 4) is 0 Å². The highest BCUT2D eigenvalue weighted by molar-refractivity contribution is 6.35. The molecule has 0 fully saturated rings. The molecule has 20 heavy (non-hydrogen) atoms. The van der Waals surface area contributed by atoms with Crippen LogP contribution in [0.3, 0.4) is 0 Å². The van der Waals surface area contributed by atoms with Crippen molar-refractivity contribution in [2.45, 2.75) is 52.6 Å². The van der Waals surface area contributed by atoms with Crippen LogP contribution in [0.5, 0.6) is 0 Å². The van der Waals surface area contributed by atoms with Crippen molar-refractivity contribution in [2.24, 2.45) is 11.8 Å². The molecule has 0 aliphatic carbocycles. The Morgan fingerprint density at radius 2 is 1.15 bits per heavy atom. The van der Waals surface area contributed by atoms with E-state index in [1.165, 1.54) is 0 Å². The van der Waals surface area contributed by atoms with Gasteiger partial charge in [0.15, 0.2) is 0 Å². The first-order chi connectivity index (χ1) is 9.40. The summed E-state index contributed by atoms with van der Waals surface area (Å²) >= 11 is 0. The van der Waals surface area contributed by atoms with Crippen LogP contribution in [0, 0.1) is 11.8 Å². The molecule has 4 N–H and O–H groups in total. The van der Waals surface area contributed by atoms with Crippen LogP contribution in [-0.2, 0) is 9.59 Å². The summed E-state index contributed by atoms with van der Waals surface area (Å²) < 4.78 is 0. The third kappa shape index (κ3) is 5.88. The summed E-state index contributed by atoms with van der Waals surface area (Å²) in [4.78, 5) is 23.6. The number of nitrogens with one attached hydrogen (secondary N) is 2. The van der Waals surface area contributed by atoms with Crippen molar-refractivity contribution in [3.63, 3.8) is 0 Å². The molecule has 4 atom stereocenters. The molecule has 6 heteroatoms. The van der Waals surface area contributed by atoms with Crippen LogP contribution in [0.25, 0.3) is 0 Å². The Morgan fingerprint density at radius 3 is 1.35 bits per heavy atom. The van der Waals surface area contributed by atoms with Gasteiger partial charge in [-0.1, -0.05) is 40.5 Å². The predicted molar refractivity (Wildman–Crippen MR) is 76.9 cm³/mol. The summed E-state index contributed by atoms with van der Waals surface area (Å²) in [7, 11) is 0. The number of hydrogen-bond donors (Lipinski definition) is 4. The van der Waals surface area contributed by atoms with Gasteiger partial charge in [0.1, 0.15) is 0 Å². The molecule has 0 aromatic carbocycles. The Hall–Kier alpha value is -1.14. The first-order valence-electron chi connectivity index (χ1n) is 7.24. The number of hydrogen-bond acceptors (Lipinski definition) is 4. The standard InChI is InChI=1S/C14H28N2O4/c1-5-9(3)11(7-17)15-13(19)14(20)16-12(8-18)10(4)6-2/h9-12,17-18H,5-8H2,1-4H3,(H,15,19)(H,16,20)/t9-,10-,11-,12-/m1/s1. The monoisotopic (exact) mass is 288 g/mol. The molecule has 0 spiro atoms. The van der Waals surface area contributed by atoms with Crippen molar-refractivity contribution in [2.75, 3.05) is 13.2 Å². The van der Waals surface area contributed by atoms with Gasteiger partial charge in [-0.15, -0.1) is 0 Å². The molecule has 0 bridgehead atoms. The minimum Gasteiger partial charge on any atom is -0.394 e. The van der Waals surface area contributed by atoms with Crippen LogP contribution in [0.1, 0.15) is 40.5 Å². The Bertz CT molecular complexity index is 280. The lowest BCUT2D eigenvalue weighted by Gasteiger charge is -2.24. The molecule has 6 nitrogen and oxygen atoms in total. The fourth-order valence-electron chi connectivity index (χ4n) is 1.77. The molecule has 0 aliphatic heterocycles. The van der Waals surface area contributed by atoms with E-state index in [9.17, 15) is 19.8 Å². The molecular formula is C14H28N2O4. The zero-order valence-electron chi connectivity index (χ0n) is 12.8. The Balaban J connectivity index is 4.50. The Labute approximate surface area is 120 Å². The number of carbonyl (C=O) groups is 2. The first-order valence-corrected chi connectivity index (χ1v) is 7.24. The molecular weight excluding hydrogens is 260 g/mol. The lowest BCUT2D eigenvalue weighted by molar-refractivity contribution is -0.140. The highest BCUT2D eigenvalue weighted by Crippen LogP contribution is 2.08. The molecule has 0 heterocycles. The van der Waals surface area contributed by atoms with E-state index in [1.807, 2.05) is 27.7 Å². The highest BCUT2D eigenvalue weighted by atomic mass is 16.3. The van der Waals surface area contributed by atoms with Gasteiger partial charge < -0.3 is 20.8 Å². The van der Waals surface area contributed by atoms with Gasteiger partial charge in [-0.05, 0) is 11.8 Å². The largest absolute Gasteiger partial charge is 0.394 e. The Kier molecular flexibility index (Phi) is 9.16. The summed E-state index contributed by atoms with van der Waals surface area (Å²) in [6, 6.07) is -0.871. The third-order valence-electron chi connectivity index (χ3n) is 3.89. The van der Waals surface area contributed by atoms with E-state index in [-0.39, 0.29) is 25.0 Å². The summed E-state index contributed by atoms with van der Waals surface area (Å²) in [5.74, 6) is -1.38. The van der Waals surface area contributed by atoms with Crippen molar-refractivity contribution >= 4 is 11.8 Å². The van der Waals surface area contributed by atoms with Crippen LogP contribution in [0.4, 0.5) is 0 Å². The minimum atomic E-state index is -0.772. The average Bonchev–Trinajstić information content (AvgIpc) is 2.47. The quantitative estimate of drug-likeness (QED) is 0.474. The number of amides is 2. The number of aliphatic hydroxyl groups is 2. The SMILES string of the molecule is CC[C@@H](C)[C@@H](CO)NC(=O)C(=O)N[C@H](CO)[C@H](C)CC. The zero-order chi connectivity index (χ0) is 15.7. The summed E-state index contributed by atoms with van der Waals surface area (Å²) in [6.45, 7) is 7.28.